The number of hydrogen-bond donors (Lipinski definition) is 1. The zero-order chi connectivity index (χ0) is 19.2. The fourth-order valence-electron chi connectivity index (χ4n) is 2.21. The third-order valence-electron chi connectivity index (χ3n) is 3.45. The van der Waals surface area contributed by atoms with Crippen molar-refractivity contribution < 1.29 is 27.4 Å². The van der Waals surface area contributed by atoms with Gasteiger partial charge in [0.15, 0.2) is 11.6 Å². The molecule has 0 saturated carbocycles. The summed E-state index contributed by atoms with van der Waals surface area (Å²) in [5, 5.41) is 4.41. The summed E-state index contributed by atoms with van der Waals surface area (Å²) in [6.45, 7) is -2.77. The van der Waals surface area contributed by atoms with Gasteiger partial charge in [0.25, 0.3) is 5.91 Å². The van der Waals surface area contributed by atoms with Crippen molar-refractivity contribution in [3.05, 3.63) is 76.2 Å². The molecule has 0 unspecified atom stereocenters. The number of hydrogen-bond acceptors (Lipinski definition) is 4. The van der Waals surface area contributed by atoms with Crippen LogP contribution in [-0.2, 0) is 6.61 Å². The number of ether oxygens (including phenoxy) is 2. The van der Waals surface area contributed by atoms with Crippen molar-refractivity contribution in [2.45, 2.75) is 13.2 Å². The molecule has 1 heterocycles. The highest BCUT2D eigenvalue weighted by molar-refractivity contribution is 7.12. The van der Waals surface area contributed by atoms with E-state index in [2.05, 4.69) is 10.1 Å². The summed E-state index contributed by atoms with van der Waals surface area (Å²) in [5.74, 6) is -0.655. The lowest BCUT2D eigenvalue weighted by molar-refractivity contribution is -0.0498. The molecular formula is C19H14F3NO3S. The first-order valence-corrected chi connectivity index (χ1v) is 8.70. The third kappa shape index (κ3) is 5.24. The van der Waals surface area contributed by atoms with E-state index in [-0.39, 0.29) is 24.0 Å². The van der Waals surface area contributed by atoms with Crippen LogP contribution in [-0.4, -0.2) is 12.5 Å². The molecule has 0 aliphatic carbocycles. The Balaban J connectivity index is 1.57. The Hall–Kier alpha value is -3.00. The highest BCUT2D eigenvalue weighted by Gasteiger charge is 2.11. The molecule has 0 fully saturated rings. The van der Waals surface area contributed by atoms with Gasteiger partial charge in [-0.1, -0.05) is 12.1 Å². The van der Waals surface area contributed by atoms with E-state index in [1.54, 1.807) is 23.6 Å². The normalized spacial score (nSPS) is 10.7. The molecule has 0 spiro atoms. The fourth-order valence-corrected chi connectivity index (χ4v) is 3.00. The largest absolute Gasteiger partial charge is 0.486 e. The molecule has 1 amide bonds. The van der Waals surface area contributed by atoms with Crippen LogP contribution in [0.1, 0.15) is 15.2 Å². The van der Waals surface area contributed by atoms with E-state index in [0.29, 0.717) is 10.6 Å². The van der Waals surface area contributed by atoms with Gasteiger partial charge in [0.1, 0.15) is 12.4 Å². The molecule has 1 aromatic heterocycles. The van der Waals surface area contributed by atoms with Gasteiger partial charge in [0.05, 0.1) is 4.88 Å². The van der Waals surface area contributed by atoms with Crippen LogP contribution in [0.2, 0.25) is 0 Å². The minimum absolute atomic E-state index is 0.00621. The van der Waals surface area contributed by atoms with E-state index in [4.69, 9.17) is 4.74 Å². The molecular weight excluding hydrogens is 379 g/mol. The van der Waals surface area contributed by atoms with Crippen LogP contribution in [0.3, 0.4) is 0 Å². The van der Waals surface area contributed by atoms with Gasteiger partial charge in [-0.05, 0) is 47.8 Å². The topological polar surface area (TPSA) is 47.6 Å². The molecule has 27 heavy (non-hydrogen) atoms. The van der Waals surface area contributed by atoms with Crippen LogP contribution in [0.25, 0.3) is 0 Å². The van der Waals surface area contributed by atoms with Crippen molar-refractivity contribution in [2.24, 2.45) is 0 Å². The van der Waals surface area contributed by atoms with E-state index in [1.165, 1.54) is 47.7 Å². The lowest BCUT2D eigenvalue weighted by atomic mass is 10.3. The van der Waals surface area contributed by atoms with E-state index < -0.39 is 12.4 Å². The molecule has 3 rings (SSSR count). The molecule has 0 radical (unpaired) electrons. The number of carbonyl (C=O) groups excluding carboxylic acids is 1. The zero-order valence-electron chi connectivity index (χ0n) is 13.8. The van der Waals surface area contributed by atoms with Crippen LogP contribution in [0.15, 0.2) is 60.0 Å². The van der Waals surface area contributed by atoms with Gasteiger partial charge in [-0.15, -0.1) is 11.3 Å². The molecule has 2 aromatic carbocycles. The molecule has 8 heteroatoms. The molecule has 1 N–H and O–H groups in total. The number of rotatable bonds is 7. The predicted octanol–water partition coefficient (Wildman–Crippen LogP) is 5.32. The molecule has 4 nitrogen and oxygen atoms in total. The summed E-state index contributed by atoms with van der Waals surface area (Å²) in [4.78, 5) is 12.7. The Labute approximate surface area is 157 Å². The number of halogens is 3. The Kier molecular flexibility index (Phi) is 5.97. The molecule has 0 atom stereocenters. The second-order valence-electron chi connectivity index (χ2n) is 5.40. The second kappa shape index (κ2) is 8.59. The van der Waals surface area contributed by atoms with Crippen LogP contribution in [0.5, 0.6) is 11.5 Å². The highest BCUT2D eigenvalue weighted by atomic mass is 32.1. The van der Waals surface area contributed by atoms with E-state index in [0.717, 1.165) is 5.56 Å². The molecule has 0 aliphatic rings. The average molecular weight is 393 g/mol. The number of carbonyl (C=O) groups is 1. The Morgan fingerprint density at radius 2 is 1.85 bits per heavy atom. The predicted molar refractivity (Wildman–Crippen MR) is 96.1 cm³/mol. The summed E-state index contributed by atoms with van der Waals surface area (Å²) >= 11 is 1.22. The van der Waals surface area contributed by atoms with Crippen molar-refractivity contribution in [3.8, 4) is 11.5 Å². The van der Waals surface area contributed by atoms with Gasteiger partial charge < -0.3 is 14.8 Å². The van der Waals surface area contributed by atoms with Gasteiger partial charge in [-0.2, -0.15) is 8.78 Å². The molecule has 0 saturated heterocycles. The maximum Gasteiger partial charge on any atom is 0.387 e. The number of anilines is 1. The SMILES string of the molecule is O=C(Nc1ccc(OC(F)F)cc1)c1cc(COc2ccccc2F)cs1. The highest BCUT2D eigenvalue weighted by Crippen LogP contribution is 2.22. The van der Waals surface area contributed by atoms with Crippen LogP contribution < -0.4 is 14.8 Å². The van der Waals surface area contributed by atoms with Crippen LogP contribution in [0, 0.1) is 5.82 Å². The first-order chi connectivity index (χ1) is 13.0. The maximum atomic E-state index is 13.5. The van der Waals surface area contributed by atoms with Crippen molar-refractivity contribution in [3.63, 3.8) is 0 Å². The summed E-state index contributed by atoms with van der Waals surface area (Å²) in [7, 11) is 0. The summed E-state index contributed by atoms with van der Waals surface area (Å²) in [6, 6.07) is 13.3. The van der Waals surface area contributed by atoms with Crippen molar-refractivity contribution in [2.75, 3.05) is 5.32 Å². The molecule has 3 aromatic rings. The first-order valence-electron chi connectivity index (χ1n) is 7.82. The first kappa shape index (κ1) is 18.8. The standard InChI is InChI=1S/C19H14F3NO3S/c20-15-3-1-2-4-16(15)25-10-12-9-17(27-11-12)18(24)23-13-5-7-14(8-6-13)26-19(21)22/h1-9,11,19H,10H2,(H,23,24). The quantitative estimate of drug-likeness (QED) is 0.591. The monoisotopic (exact) mass is 393 g/mol. The molecule has 0 bridgehead atoms. The van der Waals surface area contributed by atoms with Crippen LogP contribution in [0.4, 0.5) is 18.9 Å². The fraction of sp³-hybridized carbons (Fsp3) is 0.105. The third-order valence-corrected chi connectivity index (χ3v) is 4.42. The maximum absolute atomic E-state index is 13.5. The van der Waals surface area contributed by atoms with Gasteiger partial charge in [-0.25, -0.2) is 4.39 Å². The molecule has 0 aliphatic heterocycles. The van der Waals surface area contributed by atoms with Crippen molar-refractivity contribution in [1.29, 1.82) is 0 Å². The number of thiophene rings is 1. The molecule has 140 valence electrons. The van der Waals surface area contributed by atoms with E-state index >= 15 is 0 Å². The van der Waals surface area contributed by atoms with Crippen LogP contribution >= 0.6 is 11.3 Å². The Morgan fingerprint density at radius 3 is 2.56 bits per heavy atom. The lowest BCUT2D eigenvalue weighted by Crippen LogP contribution is -2.10. The van der Waals surface area contributed by atoms with E-state index in [1.807, 2.05) is 0 Å². The number of nitrogens with one attached hydrogen (secondary N) is 1. The van der Waals surface area contributed by atoms with Gasteiger partial charge in [0, 0.05) is 11.3 Å². The Bertz CT molecular complexity index is 913. The minimum Gasteiger partial charge on any atom is -0.486 e. The summed E-state index contributed by atoms with van der Waals surface area (Å²) in [6.07, 6.45) is 0. The zero-order valence-corrected chi connectivity index (χ0v) is 14.6. The number of benzene rings is 2. The van der Waals surface area contributed by atoms with Gasteiger partial charge in [-0.3, -0.25) is 4.79 Å². The average Bonchev–Trinajstić information content (AvgIpc) is 3.11. The summed E-state index contributed by atoms with van der Waals surface area (Å²) < 4.78 is 47.4. The minimum atomic E-state index is -2.90. The number of alkyl halides is 2. The second-order valence-corrected chi connectivity index (χ2v) is 6.31. The number of para-hydroxylation sites is 1. The van der Waals surface area contributed by atoms with Crippen molar-refractivity contribution >= 4 is 22.9 Å². The lowest BCUT2D eigenvalue weighted by Gasteiger charge is -2.07. The number of amides is 1. The smallest absolute Gasteiger partial charge is 0.387 e. The van der Waals surface area contributed by atoms with Crippen molar-refractivity contribution in [1.82, 2.24) is 0 Å². The summed E-state index contributed by atoms with van der Waals surface area (Å²) in [5.41, 5.74) is 1.17. The van der Waals surface area contributed by atoms with Gasteiger partial charge in [0.2, 0.25) is 0 Å². The van der Waals surface area contributed by atoms with Gasteiger partial charge >= 0.3 is 6.61 Å². The van der Waals surface area contributed by atoms with E-state index in [9.17, 15) is 18.0 Å². The Morgan fingerprint density at radius 1 is 1.11 bits per heavy atom.